The van der Waals surface area contributed by atoms with Crippen LogP contribution in [0.4, 0.5) is 0 Å². The molecule has 0 atom stereocenters. The number of halogens is 2. The van der Waals surface area contributed by atoms with Crippen molar-refractivity contribution in [3.63, 3.8) is 0 Å². The SMILES string of the molecule is Brc1cccc2cc3ccccc3c(Br)c12. The summed E-state index contributed by atoms with van der Waals surface area (Å²) in [6.07, 6.45) is 0. The zero-order valence-corrected chi connectivity index (χ0v) is 11.5. The summed E-state index contributed by atoms with van der Waals surface area (Å²) in [5, 5.41) is 5.00. The second kappa shape index (κ2) is 3.86. The lowest BCUT2D eigenvalue weighted by Crippen LogP contribution is -1.80. The first-order valence-electron chi connectivity index (χ1n) is 5.03. The van der Waals surface area contributed by atoms with Gasteiger partial charge in [-0.3, -0.25) is 0 Å². The third-order valence-electron chi connectivity index (χ3n) is 2.77. The van der Waals surface area contributed by atoms with Crippen LogP contribution in [0.5, 0.6) is 0 Å². The van der Waals surface area contributed by atoms with Crippen LogP contribution in [0.2, 0.25) is 0 Å². The van der Waals surface area contributed by atoms with Gasteiger partial charge in [0.2, 0.25) is 0 Å². The Balaban J connectivity index is 2.62. The molecule has 0 saturated heterocycles. The van der Waals surface area contributed by atoms with Crippen molar-refractivity contribution in [3.8, 4) is 0 Å². The summed E-state index contributed by atoms with van der Waals surface area (Å²) in [5.74, 6) is 0. The van der Waals surface area contributed by atoms with Gasteiger partial charge in [0.1, 0.15) is 0 Å². The number of rotatable bonds is 0. The zero-order valence-electron chi connectivity index (χ0n) is 8.37. The van der Waals surface area contributed by atoms with Crippen molar-refractivity contribution < 1.29 is 0 Å². The summed E-state index contributed by atoms with van der Waals surface area (Å²) in [4.78, 5) is 0. The van der Waals surface area contributed by atoms with Crippen LogP contribution in [0, 0.1) is 0 Å². The lowest BCUT2D eigenvalue weighted by molar-refractivity contribution is 1.71. The summed E-state index contributed by atoms with van der Waals surface area (Å²) >= 11 is 7.31. The molecule has 0 aliphatic rings. The molecule has 0 fully saturated rings. The second-order valence-electron chi connectivity index (χ2n) is 3.75. The first-order valence-corrected chi connectivity index (χ1v) is 6.61. The van der Waals surface area contributed by atoms with Crippen LogP contribution in [-0.2, 0) is 0 Å². The van der Waals surface area contributed by atoms with Gasteiger partial charge in [0.15, 0.2) is 0 Å². The molecule has 0 spiro atoms. The Kier molecular flexibility index (Phi) is 2.49. The molecule has 16 heavy (non-hydrogen) atoms. The van der Waals surface area contributed by atoms with Crippen molar-refractivity contribution in [1.29, 1.82) is 0 Å². The van der Waals surface area contributed by atoms with Crippen LogP contribution in [-0.4, -0.2) is 0 Å². The van der Waals surface area contributed by atoms with E-state index in [9.17, 15) is 0 Å². The van der Waals surface area contributed by atoms with E-state index in [1.165, 1.54) is 21.5 Å². The Labute approximate surface area is 111 Å². The van der Waals surface area contributed by atoms with Crippen molar-refractivity contribution in [2.45, 2.75) is 0 Å². The van der Waals surface area contributed by atoms with E-state index in [0.29, 0.717) is 0 Å². The van der Waals surface area contributed by atoms with Crippen LogP contribution in [0.1, 0.15) is 0 Å². The minimum atomic E-state index is 1.13. The molecule has 0 aromatic heterocycles. The predicted octanol–water partition coefficient (Wildman–Crippen LogP) is 5.52. The molecule has 0 amide bonds. The van der Waals surface area contributed by atoms with Crippen LogP contribution in [0.3, 0.4) is 0 Å². The molecule has 0 radical (unpaired) electrons. The maximum atomic E-state index is 3.70. The van der Waals surface area contributed by atoms with Crippen LogP contribution in [0.15, 0.2) is 57.5 Å². The van der Waals surface area contributed by atoms with E-state index in [-0.39, 0.29) is 0 Å². The monoisotopic (exact) mass is 334 g/mol. The summed E-state index contributed by atoms with van der Waals surface area (Å²) < 4.78 is 2.29. The Bertz CT molecular complexity index is 687. The quantitative estimate of drug-likeness (QED) is 0.474. The van der Waals surface area contributed by atoms with Crippen LogP contribution >= 0.6 is 31.9 Å². The molecule has 3 aromatic carbocycles. The molecule has 78 valence electrons. The van der Waals surface area contributed by atoms with Gasteiger partial charge in [0, 0.05) is 14.3 Å². The van der Waals surface area contributed by atoms with E-state index in [1.807, 2.05) is 0 Å². The average Bonchev–Trinajstić information content (AvgIpc) is 2.29. The van der Waals surface area contributed by atoms with Crippen molar-refractivity contribution in [3.05, 3.63) is 57.5 Å². The molecule has 0 nitrogen and oxygen atoms in total. The third-order valence-corrected chi connectivity index (χ3v) is 4.26. The van der Waals surface area contributed by atoms with Crippen molar-refractivity contribution in [2.24, 2.45) is 0 Å². The van der Waals surface area contributed by atoms with E-state index >= 15 is 0 Å². The highest BCUT2D eigenvalue weighted by Gasteiger charge is 2.06. The van der Waals surface area contributed by atoms with Crippen molar-refractivity contribution >= 4 is 53.4 Å². The predicted molar refractivity (Wildman–Crippen MR) is 76.9 cm³/mol. The smallest absolute Gasteiger partial charge is 0.0343 e. The fourth-order valence-corrected chi connectivity index (χ4v) is 3.67. The summed E-state index contributed by atoms with van der Waals surface area (Å²) in [6.45, 7) is 0. The molecule has 0 saturated carbocycles. The minimum absolute atomic E-state index is 1.13. The van der Waals surface area contributed by atoms with Gasteiger partial charge in [-0.05, 0) is 44.2 Å². The number of benzene rings is 3. The van der Waals surface area contributed by atoms with E-state index in [4.69, 9.17) is 0 Å². The molecule has 3 rings (SSSR count). The van der Waals surface area contributed by atoms with Gasteiger partial charge in [-0.2, -0.15) is 0 Å². The maximum absolute atomic E-state index is 3.70. The van der Waals surface area contributed by atoms with Gasteiger partial charge in [0.05, 0.1) is 0 Å². The standard InChI is InChI=1S/C14H8Br2/c15-12-7-3-5-10-8-9-4-1-2-6-11(9)14(16)13(10)12/h1-8H. The number of fused-ring (bicyclic) bond motifs is 2. The molecule has 0 unspecified atom stereocenters. The highest BCUT2D eigenvalue weighted by molar-refractivity contribution is 9.11. The van der Waals surface area contributed by atoms with Crippen molar-refractivity contribution in [2.75, 3.05) is 0 Å². The largest absolute Gasteiger partial charge is 0.0616 e. The molecule has 0 bridgehead atoms. The van der Waals surface area contributed by atoms with Crippen molar-refractivity contribution in [1.82, 2.24) is 0 Å². The Hall–Kier alpha value is -0.860. The number of hydrogen-bond acceptors (Lipinski definition) is 0. The average molecular weight is 336 g/mol. The Morgan fingerprint density at radius 3 is 2.38 bits per heavy atom. The minimum Gasteiger partial charge on any atom is -0.0616 e. The second-order valence-corrected chi connectivity index (χ2v) is 5.40. The first kappa shape index (κ1) is 10.3. The highest BCUT2D eigenvalue weighted by Crippen LogP contribution is 2.36. The van der Waals surface area contributed by atoms with E-state index < -0.39 is 0 Å². The highest BCUT2D eigenvalue weighted by atomic mass is 79.9. The van der Waals surface area contributed by atoms with Gasteiger partial charge < -0.3 is 0 Å². The summed E-state index contributed by atoms with van der Waals surface area (Å²) in [5.41, 5.74) is 0. The molecular weight excluding hydrogens is 328 g/mol. The van der Waals surface area contributed by atoms with Gasteiger partial charge >= 0.3 is 0 Å². The van der Waals surface area contributed by atoms with Gasteiger partial charge in [-0.15, -0.1) is 0 Å². The van der Waals surface area contributed by atoms with E-state index in [1.54, 1.807) is 0 Å². The third kappa shape index (κ3) is 1.48. The fourth-order valence-electron chi connectivity index (χ4n) is 2.02. The van der Waals surface area contributed by atoms with Gasteiger partial charge in [-0.1, -0.05) is 52.3 Å². The van der Waals surface area contributed by atoms with E-state index in [0.717, 1.165) is 8.95 Å². The van der Waals surface area contributed by atoms with Crippen LogP contribution in [0.25, 0.3) is 21.5 Å². The fraction of sp³-hybridized carbons (Fsp3) is 0. The van der Waals surface area contributed by atoms with Gasteiger partial charge in [0.25, 0.3) is 0 Å². The lowest BCUT2D eigenvalue weighted by atomic mass is 10.0. The molecule has 2 heteroatoms. The first-order chi connectivity index (χ1) is 7.77. The Morgan fingerprint density at radius 1 is 0.750 bits per heavy atom. The lowest BCUT2D eigenvalue weighted by Gasteiger charge is -2.07. The topological polar surface area (TPSA) is 0 Å². The molecule has 0 aliphatic carbocycles. The summed E-state index contributed by atoms with van der Waals surface area (Å²) in [6, 6.07) is 16.9. The molecule has 0 N–H and O–H groups in total. The molecule has 0 heterocycles. The van der Waals surface area contributed by atoms with Gasteiger partial charge in [-0.25, -0.2) is 0 Å². The van der Waals surface area contributed by atoms with E-state index in [2.05, 4.69) is 80.4 Å². The molecule has 0 aliphatic heterocycles. The number of hydrogen-bond donors (Lipinski definition) is 0. The maximum Gasteiger partial charge on any atom is 0.0343 e. The summed E-state index contributed by atoms with van der Waals surface area (Å²) in [7, 11) is 0. The molecular formula is C14H8Br2. The Morgan fingerprint density at radius 2 is 1.50 bits per heavy atom. The van der Waals surface area contributed by atoms with Crippen LogP contribution < -0.4 is 0 Å². The normalized spacial score (nSPS) is 11.1. The molecule has 3 aromatic rings. The zero-order chi connectivity index (χ0) is 11.1.